The van der Waals surface area contributed by atoms with Crippen LogP contribution in [0, 0.1) is 11.5 Å². The van der Waals surface area contributed by atoms with Crippen LogP contribution in [0.25, 0.3) is 0 Å². The zero-order valence-corrected chi connectivity index (χ0v) is 7.63. The van der Waals surface area contributed by atoms with E-state index in [0.29, 0.717) is 12.2 Å². The Hall–Kier alpha value is -1.43. The van der Waals surface area contributed by atoms with Crippen LogP contribution in [0.3, 0.4) is 0 Å². The van der Waals surface area contributed by atoms with Gasteiger partial charge in [-0.15, -0.1) is 5.26 Å². The highest BCUT2D eigenvalue weighted by molar-refractivity contribution is 5.10. The number of hydrogen-bond donors (Lipinski definition) is 0. The fourth-order valence-electron chi connectivity index (χ4n) is 0.561. The molecule has 0 aliphatic carbocycles. The quantitative estimate of drug-likeness (QED) is 0.366. The summed E-state index contributed by atoms with van der Waals surface area (Å²) in [5.41, 5.74) is 0. The van der Waals surface area contributed by atoms with Gasteiger partial charge in [-0.1, -0.05) is 6.92 Å². The molecule has 0 unspecified atom stereocenters. The topological polar surface area (TPSA) is 42.2 Å². The summed E-state index contributed by atoms with van der Waals surface area (Å²) in [6.07, 6.45) is 5.80. The van der Waals surface area contributed by atoms with Crippen molar-refractivity contribution in [3.8, 4) is 6.26 Å². The minimum Gasteiger partial charge on any atom is -0.501 e. The molecule has 0 fully saturated rings. The van der Waals surface area contributed by atoms with Gasteiger partial charge in [-0.3, -0.25) is 0 Å². The lowest BCUT2D eigenvalue weighted by Crippen LogP contribution is -1.83. The molecule has 0 spiro atoms. The molecule has 0 N–H and O–H groups in total. The molecule has 0 bridgehead atoms. The summed E-state index contributed by atoms with van der Waals surface area (Å²) >= 11 is 0. The fraction of sp³-hybridized carbons (Fsp3) is 0.444. The van der Waals surface area contributed by atoms with Crippen molar-refractivity contribution in [2.24, 2.45) is 0 Å². The first kappa shape index (κ1) is 10.6. The van der Waals surface area contributed by atoms with Crippen LogP contribution in [0.5, 0.6) is 0 Å². The molecule has 3 heteroatoms. The summed E-state index contributed by atoms with van der Waals surface area (Å²) in [6, 6.07) is 0. The lowest BCUT2D eigenvalue weighted by molar-refractivity contribution is 0.293. The van der Waals surface area contributed by atoms with Gasteiger partial charge in [0.15, 0.2) is 0 Å². The maximum absolute atomic E-state index is 8.23. The minimum atomic E-state index is 0.633. The summed E-state index contributed by atoms with van der Waals surface area (Å²) in [7, 11) is 1.59. The number of ether oxygens (including phenoxy) is 2. The molecule has 3 nitrogen and oxygen atoms in total. The zero-order valence-electron chi connectivity index (χ0n) is 7.63. The average molecular weight is 167 g/mol. The number of rotatable bonds is 4. The summed E-state index contributed by atoms with van der Waals surface area (Å²) in [5.74, 6) is 1.41. The molecular formula is C9H13NO2. The van der Waals surface area contributed by atoms with Crippen LogP contribution in [0.15, 0.2) is 23.7 Å². The molecule has 66 valence electrons. The molecule has 0 rings (SSSR count). The van der Waals surface area contributed by atoms with Crippen molar-refractivity contribution in [3.63, 3.8) is 0 Å². The zero-order chi connectivity index (χ0) is 9.40. The molecule has 0 atom stereocenters. The third-order valence-corrected chi connectivity index (χ3v) is 1.35. The normalized spacial score (nSPS) is 12.2. The lowest BCUT2D eigenvalue weighted by Gasteiger charge is -1.97. The maximum atomic E-state index is 8.23. The summed E-state index contributed by atoms with van der Waals surface area (Å²) < 4.78 is 9.55. The molecule has 0 saturated heterocycles. The Morgan fingerprint density at radius 2 is 2.17 bits per heavy atom. The van der Waals surface area contributed by atoms with Gasteiger partial charge < -0.3 is 9.47 Å². The highest BCUT2D eigenvalue weighted by Crippen LogP contribution is 2.03. The number of nitriles is 1. The van der Waals surface area contributed by atoms with Crippen molar-refractivity contribution in [1.82, 2.24) is 0 Å². The van der Waals surface area contributed by atoms with Gasteiger partial charge in [0.1, 0.15) is 5.76 Å². The van der Waals surface area contributed by atoms with Crippen molar-refractivity contribution < 1.29 is 9.47 Å². The standard InChI is InChI=1S/C9H13NO2/c1-4-9(12-7-10)6-5-8(2)11-3/h5-6H,4H2,1-3H3/b8-5+,9-6+. The van der Waals surface area contributed by atoms with Gasteiger partial charge >= 0.3 is 0 Å². The predicted octanol–water partition coefficient (Wildman–Crippen LogP) is 2.33. The van der Waals surface area contributed by atoms with E-state index in [-0.39, 0.29) is 0 Å². The molecular weight excluding hydrogens is 154 g/mol. The second-order valence-electron chi connectivity index (χ2n) is 2.16. The van der Waals surface area contributed by atoms with E-state index in [1.54, 1.807) is 25.5 Å². The first-order valence-corrected chi connectivity index (χ1v) is 3.72. The maximum Gasteiger partial charge on any atom is 0.291 e. The number of nitrogens with zero attached hydrogens (tertiary/aromatic N) is 1. The molecule has 12 heavy (non-hydrogen) atoms. The van der Waals surface area contributed by atoms with E-state index in [1.807, 2.05) is 13.8 Å². The van der Waals surface area contributed by atoms with E-state index in [2.05, 4.69) is 4.74 Å². The Balaban J connectivity index is 4.21. The van der Waals surface area contributed by atoms with E-state index >= 15 is 0 Å². The number of methoxy groups -OCH3 is 1. The number of allylic oxidation sites excluding steroid dienone is 4. The Bertz CT molecular complexity index is 223. The Morgan fingerprint density at radius 3 is 2.58 bits per heavy atom. The Labute approximate surface area is 72.9 Å². The van der Waals surface area contributed by atoms with Gasteiger partial charge in [-0.05, 0) is 19.1 Å². The Morgan fingerprint density at radius 1 is 1.50 bits per heavy atom. The van der Waals surface area contributed by atoms with E-state index in [4.69, 9.17) is 10.00 Å². The monoisotopic (exact) mass is 167 g/mol. The lowest BCUT2D eigenvalue weighted by atomic mass is 10.3. The average Bonchev–Trinajstić information content (AvgIpc) is 2.11. The van der Waals surface area contributed by atoms with Crippen LogP contribution in [-0.4, -0.2) is 7.11 Å². The van der Waals surface area contributed by atoms with Gasteiger partial charge in [-0.2, -0.15) is 0 Å². The highest BCUT2D eigenvalue weighted by atomic mass is 16.5. The third-order valence-electron chi connectivity index (χ3n) is 1.35. The van der Waals surface area contributed by atoms with Gasteiger partial charge in [0.25, 0.3) is 6.26 Å². The van der Waals surface area contributed by atoms with Crippen LogP contribution in [0.4, 0.5) is 0 Å². The van der Waals surface area contributed by atoms with E-state index < -0.39 is 0 Å². The van der Waals surface area contributed by atoms with E-state index in [1.165, 1.54) is 0 Å². The van der Waals surface area contributed by atoms with Crippen molar-refractivity contribution in [3.05, 3.63) is 23.7 Å². The smallest absolute Gasteiger partial charge is 0.291 e. The second kappa shape index (κ2) is 6.29. The second-order valence-corrected chi connectivity index (χ2v) is 2.16. The van der Waals surface area contributed by atoms with Crippen molar-refractivity contribution in [2.45, 2.75) is 20.3 Å². The third kappa shape index (κ3) is 4.40. The van der Waals surface area contributed by atoms with Crippen LogP contribution in [0.2, 0.25) is 0 Å². The number of hydrogen-bond acceptors (Lipinski definition) is 3. The van der Waals surface area contributed by atoms with Gasteiger partial charge in [0, 0.05) is 6.42 Å². The van der Waals surface area contributed by atoms with Crippen LogP contribution in [0.1, 0.15) is 20.3 Å². The fourth-order valence-corrected chi connectivity index (χ4v) is 0.561. The van der Waals surface area contributed by atoms with Gasteiger partial charge in [-0.25, -0.2) is 0 Å². The summed E-state index contributed by atoms with van der Waals surface area (Å²) in [4.78, 5) is 0. The molecule has 0 aromatic rings. The molecule has 0 saturated carbocycles. The van der Waals surface area contributed by atoms with Crippen molar-refractivity contribution in [2.75, 3.05) is 7.11 Å². The molecule has 0 amide bonds. The predicted molar refractivity (Wildman–Crippen MR) is 45.8 cm³/mol. The Kier molecular flexibility index (Phi) is 5.54. The van der Waals surface area contributed by atoms with Crippen molar-refractivity contribution in [1.29, 1.82) is 5.26 Å². The SMILES string of the molecule is CC/C(=C\C=C(/C)OC)OC#N. The van der Waals surface area contributed by atoms with Gasteiger partial charge in [0.05, 0.1) is 12.9 Å². The summed E-state index contributed by atoms with van der Waals surface area (Å²) in [5, 5.41) is 8.23. The van der Waals surface area contributed by atoms with Crippen LogP contribution in [-0.2, 0) is 9.47 Å². The molecule has 0 aliphatic heterocycles. The first-order chi connectivity index (χ1) is 5.74. The first-order valence-electron chi connectivity index (χ1n) is 3.72. The molecule has 0 aromatic heterocycles. The molecule has 0 aromatic carbocycles. The van der Waals surface area contributed by atoms with Crippen LogP contribution >= 0.6 is 0 Å². The molecule has 0 radical (unpaired) electrons. The van der Waals surface area contributed by atoms with Crippen molar-refractivity contribution >= 4 is 0 Å². The highest BCUT2D eigenvalue weighted by Gasteiger charge is 1.91. The molecule has 0 aliphatic rings. The largest absolute Gasteiger partial charge is 0.501 e. The van der Waals surface area contributed by atoms with E-state index in [9.17, 15) is 0 Å². The van der Waals surface area contributed by atoms with Crippen LogP contribution < -0.4 is 0 Å². The minimum absolute atomic E-state index is 0.633. The van der Waals surface area contributed by atoms with Gasteiger partial charge in [0.2, 0.25) is 0 Å². The molecule has 0 heterocycles. The van der Waals surface area contributed by atoms with E-state index in [0.717, 1.165) is 5.76 Å². The summed E-state index contributed by atoms with van der Waals surface area (Å²) in [6.45, 7) is 3.75.